The highest BCUT2D eigenvalue weighted by Crippen LogP contribution is 2.18. The highest BCUT2D eigenvalue weighted by atomic mass is 16.6. The lowest BCUT2D eigenvalue weighted by Crippen LogP contribution is -2.38. The Labute approximate surface area is 169 Å². The molecule has 0 saturated heterocycles. The van der Waals surface area contributed by atoms with Crippen molar-refractivity contribution in [3.05, 3.63) is 60.2 Å². The van der Waals surface area contributed by atoms with Gasteiger partial charge in [0.1, 0.15) is 18.1 Å². The lowest BCUT2D eigenvalue weighted by Gasteiger charge is -2.11. The zero-order valence-electron chi connectivity index (χ0n) is 16.4. The van der Waals surface area contributed by atoms with Crippen LogP contribution in [0.2, 0.25) is 0 Å². The number of nitrogens with one attached hydrogen (secondary N) is 1. The van der Waals surface area contributed by atoms with E-state index in [0.29, 0.717) is 18.1 Å². The van der Waals surface area contributed by atoms with Crippen molar-refractivity contribution in [1.29, 1.82) is 0 Å². The number of carbonyl (C=O) groups is 3. The summed E-state index contributed by atoms with van der Waals surface area (Å²) >= 11 is 0. The van der Waals surface area contributed by atoms with Crippen LogP contribution in [0.5, 0.6) is 11.5 Å². The summed E-state index contributed by atoms with van der Waals surface area (Å²) in [5, 5.41) is 2.36. The summed E-state index contributed by atoms with van der Waals surface area (Å²) in [6, 6.07) is 16.6. The Morgan fingerprint density at radius 1 is 0.862 bits per heavy atom. The molecule has 0 unspecified atom stereocenters. The molecule has 154 valence electrons. The number of benzene rings is 2. The number of carbonyl (C=O) groups excluding carboxylic acids is 3. The number of ether oxygens (including phenoxy) is 3. The van der Waals surface area contributed by atoms with E-state index in [1.54, 1.807) is 38.4 Å². The molecule has 0 radical (unpaired) electrons. The van der Waals surface area contributed by atoms with Crippen molar-refractivity contribution >= 4 is 17.8 Å². The monoisotopic (exact) mass is 400 g/mol. The predicted octanol–water partition coefficient (Wildman–Crippen LogP) is 1.39. The van der Waals surface area contributed by atoms with E-state index in [9.17, 15) is 14.4 Å². The second-order valence-corrected chi connectivity index (χ2v) is 6.26. The molecule has 0 heterocycles. The average molecular weight is 400 g/mol. The molecule has 8 nitrogen and oxygen atoms in total. The molecular formula is C21H24N2O6. The van der Waals surface area contributed by atoms with Crippen LogP contribution in [0.25, 0.3) is 0 Å². The fraction of sp³-hybridized carbons (Fsp3) is 0.286. The van der Waals surface area contributed by atoms with Gasteiger partial charge >= 0.3 is 5.97 Å². The number of hydrogen-bond donors (Lipinski definition) is 1. The Kier molecular flexibility index (Phi) is 8.50. The van der Waals surface area contributed by atoms with Crippen LogP contribution in [0.1, 0.15) is 5.56 Å². The molecule has 0 saturated carbocycles. The van der Waals surface area contributed by atoms with Gasteiger partial charge in [-0.25, -0.2) is 4.79 Å². The molecular weight excluding hydrogens is 376 g/mol. The quantitative estimate of drug-likeness (QED) is 0.606. The summed E-state index contributed by atoms with van der Waals surface area (Å²) in [4.78, 5) is 35.9. The zero-order valence-corrected chi connectivity index (χ0v) is 16.4. The zero-order chi connectivity index (χ0) is 21.1. The van der Waals surface area contributed by atoms with Crippen LogP contribution in [0.15, 0.2) is 54.6 Å². The third-order valence-corrected chi connectivity index (χ3v) is 3.73. The molecule has 2 aromatic carbocycles. The summed E-state index contributed by atoms with van der Waals surface area (Å²) in [6.45, 7) is -0.516. The molecule has 0 aromatic heterocycles. The highest BCUT2D eigenvalue weighted by Gasteiger charge is 2.10. The summed E-state index contributed by atoms with van der Waals surface area (Å²) in [7, 11) is 3.15. The standard InChI is InChI=1S/C21H24N2O6/c1-23(2)20(25)12-22-19(24)14-29-21(26)15-28-18-10-8-17(9-11-18)27-13-16-6-4-3-5-7-16/h3-11H,12-15H2,1-2H3,(H,22,24). The van der Waals surface area contributed by atoms with Crippen molar-refractivity contribution in [2.24, 2.45) is 0 Å². The molecule has 8 heteroatoms. The van der Waals surface area contributed by atoms with Gasteiger partial charge in [-0.15, -0.1) is 0 Å². The summed E-state index contributed by atoms with van der Waals surface area (Å²) in [5.41, 5.74) is 1.06. The Bertz CT molecular complexity index is 806. The van der Waals surface area contributed by atoms with Gasteiger partial charge in [0.2, 0.25) is 5.91 Å². The van der Waals surface area contributed by atoms with Crippen LogP contribution in [0.4, 0.5) is 0 Å². The van der Waals surface area contributed by atoms with E-state index < -0.39 is 18.5 Å². The van der Waals surface area contributed by atoms with Gasteiger partial charge in [0, 0.05) is 14.1 Å². The highest BCUT2D eigenvalue weighted by molar-refractivity contribution is 5.86. The average Bonchev–Trinajstić information content (AvgIpc) is 2.74. The maximum absolute atomic E-state index is 11.7. The fourth-order valence-corrected chi connectivity index (χ4v) is 2.09. The van der Waals surface area contributed by atoms with Gasteiger partial charge < -0.3 is 24.4 Å². The number of amides is 2. The van der Waals surface area contributed by atoms with Gasteiger partial charge in [0.15, 0.2) is 13.2 Å². The summed E-state index contributed by atoms with van der Waals surface area (Å²) in [5.74, 6) is -0.371. The van der Waals surface area contributed by atoms with Crippen LogP contribution >= 0.6 is 0 Å². The second-order valence-electron chi connectivity index (χ2n) is 6.26. The number of hydrogen-bond acceptors (Lipinski definition) is 6. The first-order valence-electron chi connectivity index (χ1n) is 8.96. The Morgan fingerprint density at radius 2 is 1.48 bits per heavy atom. The number of nitrogens with zero attached hydrogens (tertiary/aromatic N) is 1. The van der Waals surface area contributed by atoms with E-state index in [1.165, 1.54) is 4.90 Å². The third kappa shape index (κ3) is 8.34. The minimum absolute atomic E-state index is 0.154. The smallest absolute Gasteiger partial charge is 0.344 e. The van der Waals surface area contributed by atoms with Crippen LogP contribution in [0, 0.1) is 0 Å². The van der Waals surface area contributed by atoms with Gasteiger partial charge in [0.05, 0.1) is 6.54 Å². The lowest BCUT2D eigenvalue weighted by atomic mass is 10.2. The molecule has 0 atom stereocenters. The van der Waals surface area contributed by atoms with E-state index in [1.807, 2.05) is 30.3 Å². The van der Waals surface area contributed by atoms with Crippen molar-refractivity contribution in [1.82, 2.24) is 10.2 Å². The third-order valence-electron chi connectivity index (χ3n) is 3.73. The van der Waals surface area contributed by atoms with Gasteiger partial charge in [-0.3, -0.25) is 9.59 Å². The van der Waals surface area contributed by atoms with E-state index >= 15 is 0 Å². The van der Waals surface area contributed by atoms with Crippen molar-refractivity contribution in [3.63, 3.8) is 0 Å². The second kappa shape index (κ2) is 11.3. The van der Waals surface area contributed by atoms with Crippen LogP contribution in [-0.2, 0) is 25.7 Å². The largest absolute Gasteiger partial charge is 0.489 e. The normalized spacial score (nSPS) is 10.0. The summed E-state index contributed by atoms with van der Waals surface area (Å²) < 4.78 is 15.8. The molecule has 0 spiro atoms. The van der Waals surface area contributed by atoms with Gasteiger partial charge in [-0.1, -0.05) is 30.3 Å². The Balaban J connectivity index is 1.65. The van der Waals surface area contributed by atoms with E-state index in [0.717, 1.165) is 5.56 Å². The molecule has 2 rings (SSSR count). The molecule has 0 aliphatic carbocycles. The van der Waals surface area contributed by atoms with Crippen molar-refractivity contribution in [3.8, 4) is 11.5 Å². The molecule has 0 aliphatic rings. The molecule has 0 fully saturated rings. The molecule has 0 aliphatic heterocycles. The molecule has 1 N–H and O–H groups in total. The predicted molar refractivity (Wildman–Crippen MR) is 105 cm³/mol. The minimum atomic E-state index is -0.691. The Hall–Kier alpha value is -3.55. The maximum Gasteiger partial charge on any atom is 0.344 e. The Morgan fingerprint density at radius 3 is 2.10 bits per heavy atom. The fourth-order valence-electron chi connectivity index (χ4n) is 2.09. The molecule has 29 heavy (non-hydrogen) atoms. The number of esters is 1. The molecule has 2 amide bonds. The first-order chi connectivity index (χ1) is 13.9. The van der Waals surface area contributed by atoms with E-state index in [2.05, 4.69) is 5.32 Å². The van der Waals surface area contributed by atoms with Gasteiger partial charge in [0.25, 0.3) is 5.91 Å². The number of likely N-dealkylation sites (N-methyl/N-ethyl adjacent to an activating group) is 1. The van der Waals surface area contributed by atoms with E-state index in [-0.39, 0.29) is 19.1 Å². The topological polar surface area (TPSA) is 94.2 Å². The van der Waals surface area contributed by atoms with Gasteiger partial charge in [-0.05, 0) is 29.8 Å². The summed E-state index contributed by atoms with van der Waals surface area (Å²) in [6.07, 6.45) is 0. The first kappa shape index (κ1) is 21.7. The molecule has 2 aromatic rings. The van der Waals surface area contributed by atoms with Crippen LogP contribution < -0.4 is 14.8 Å². The number of rotatable bonds is 10. The lowest BCUT2D eigenvalue weighted by molar-refractivity contribution is -0.150. The van der Waals surface area contributed by atoms with Crippen molar-refractivity contribution in [2.45, 2.75) is 6.61 Å². The van der Waals surface area contributed by atoms with Crippen molar-refractivity contribution < 1.29 is 28.6 Å². The minimum Gasteiger partial charge on any atom is -0.489 e. The van der Waals surface area contributed by atoms with Crippen LogP contribution in [0.3, 0.4) is 0 Å². The SMILES string of the molecule is CN(C)C(=O)CNC(=O)COC(=O)COc1ccc(OCc2ccccc2)cc1. The van der Waals surface area contributed by atoms with Gasteiger partial charge in [-0.2, -0.15) is 0 Å². The first-order valence-corrected chi connectivity index (χ1v) is 8.96. The maximum atomic E-state index is 11.7. The van der Waals surface area contributed by atoms with E-state index in [4.69, 9.17) is 14.2 Å². The van der Waals surface area contributed by atoms with Crippen LogP contribution in [-0.4, -0.2) is 56.5 Å². The van der Waals surface area contributed by atoms with Crippen molar-refractivity contribution in [2.75, 3.05) is 33.9 Å². The molecule has 0 bridgehead atoms.